The molecule has 1 saturated heterocycles. The van der Waals surface area contributed by atoms with Crippen LogP contribution in [-0.4, -0.2) is 24.0 Å². The van der Waals surface area contributed by atoms with Gasteiger partial charge in [-0.3, -0.25) is 4.90 Å². The first kappa shape index (κ1) is 16.8. The third-order valence-electron chi connectivity index (χ3n) is 6.08. The lowest BCUT2D eigenvalue weighted by atomic mass is 9.71. The fourth-order valence-corrected chi connectivity index (χ4v) is 4.62. The molecule has 0 saturated carbocycles. The maximum absolute atomic E-state index is 3.99. The molecule has 2 aliphatic rings. The van der Waals surface area contributed by atoms with Gasteiger partial charge in [0.2, 0.25) is 0 Å². The molecule has 0 bridgehead atoms. The zero-order valence-corrected chi connectivity index (χ0v) is 15.5. The maximum atomic E-state index is 3.99. The van der Waals surface area contributed by atoms with Crippen LogP contribution in [0, 0.1) is 0 Å². The molecule has 2 nitrogen and oxygen atoms in total. The Labute approximate surface area is 152 Å². The summed E-state index contributed by atoms with van der Waals surface area (Å²) in [7, 11) is 0. The van der Waals surface area contributed by atoms with Crippen LogP contribution < -0.4 is 5.32 Å². The van der Waals surface area contributed by atoms with E-state index in [9.17, 15) is 0 Å². The summed E-state index contributed by atoms with van der Waals surface area (Å²) < 4.78 is 0. The van der Waals surface area contributed by atoms with Crippen molar-refractivity contribution in [2.75, 3.05) is 13.1 Å². The number of fused-ring (bicyclic) bond motifs is 1. The summed E-state index contributed by atoms with van der Waals surface area (Å²) in [5.74, 6) is 0. The molecule has 1 N–H and O–H groups in total. The lowest BCUT2D eigenvalue weighted by molar-refractivity contribution is 0.300. The number of hydrogen-bond donors (Lipinski definition) is 1. The Bertz CT molecular complexity index is 707. The zero-order valence-electron chi connectivity index (χ0n) is 15.5. The molecule has 2 atom stereocenters. The Hall–Kier alpha value is -1.64. The molecule has 0 spiro atoms. The first-order valence-electron chi connectivity index (χ1n) is 9.73. The van der Waals surface area contributed by atoms with Crippen LogP contribution in [0.2, 0.25) is 0 Å². The fourth-order valence-electron chi connectivity index (χ4n) is 4.62. The Morgan fingerprint density at radius 3 is 2.60 bits per heavy atom. The summed E-state index contributed by atoms with van der Waals surface area (Å²) in [6.07, 6.45) is 3.77. The number of nitrogens with one attached hydrogen (secondary N) is 1. The summed E-state index contributed by atoms with van der Waals surface area (Å²) in [5.41, 5.74) is 4.80. The van der Waals surface area contributed by atoms with Crippen molar-refractivity contribution in [2.45, 2.75) is 57.2 Å². The molecule has 2 aromatic rings. The molecule has 1 heterocycles. The van der Waals surface area contributed by atoms with Crippen molar-refractivity contribution in [3.63, 3.8) is 0 Å². The first-order chi connectivity index (χ1) is 12.1. The monoisotopic (exact) mass is 334 g/mol. The molecule has 4 rings (SSSR count). The Morgan fingerprint density at radius 1 is 1.00 bits per heavy atom. The van der Waals surface area contributed by atoms with E-state index in [1.54, 1.807) is 0 Å². The summed E-state index contributed by atoms with van der Waals surface area (Å²) in [4.78, 5) is 2.59. The van der Waals surface area contributed by atoms with Gasteiger partial charge in [0, 0.05) is 31.7 Å². The maximum Gasteiger partial charge on any atom is 0.0326 e. The lowest BCUT2D eigenvalue weighted by Crippen LogP contribution is -2.39. The second kappa shape index (κ2) is 6.93. The molecule has 2 unspecified atom stereocenters. The molecule has 1 fully saturated rings. The van der Waals surface area contributed by atoms with Crippen LogP contribution in [0.3, 0.4) is 0 Å². The number of likely N-dealkylation sites (tertiary alicyclic amines) is 1. The van der Waals surface area contributed by atoms with Crippen molar-refractivity contribution in [1.82, 2.24) is 10.2 Å². The van der Waals surface area contributed by atoms with Gasteiger partial charge in [-0.15, -0.1) is 0 Å². The van der Waals surface area contributed by atoms with E-state index in [0.29, 0.717) is 17.5 Å². The van der Waals surface area contributed by atoms with Gasteiger partial charge in [0.15, 0.2) is 0 Å². The van der Waals surface area contributed by atoms with Crippen LogP contribution in [0.1, 0.15) is 55.8 Å². The molecule has 2 aromatic carbocycles. The van der Waals surface area contributed by atoms with Crippen molar-refractivity contribution < 1.29 is 0 Å². The van der Waals surface area contributed by atoms with E-state index in [4.69, 9.17) is 0 Å². The molecule has 25 heavy (non-hydrogen) atoms. The second-order valence-corrected chi connectivity index (χ2v) is 8.44. The molecule has 1 aliphatic heterocycles. The third kappa shape index (κ3) is 3.65. The molecule has 0 radical (unpaired) electrons. The topological polar surface area (TPSA) is 15.3 Å². The van der Waals surface area contributed by atoms with Crippen molar-refractivity contribution in [3.05, 3.63) is 71.3 Å². The van der Waals surface area contributed by atoms with E-state index >= 15 is 0 Å². The molecule has 2 heteroatoms. The Kier molecular flexibility index (Phi) is 4.66. The average Bonchev–Trinajstić information content (AvgIpc) is 3.06. The summed E-state index contributed by atoms with van der Waals surface area (Å²) in [6, 6.07) is 21.0. The number of hydrogen-bond acceptors (Lipinski definition) is 2. The minimum atomic E-state index is 0.309. The van der Waals surface area contributed by atoms with Crippen LogP contribution in [0.15, 0.2) is 54.6 Å². The highest BCUT2D eigenvalue weighted by molar-refractivity contribution is 5.38. The van der Waals surface area contributed by atoms with E-state index in [1.165, 1.54) is 42.5 Å². The van der Waals surface area contributed by atoms with Crippen LogP contribution in [0.5, 0.6) is 0 Å². The highest BCUT2D eigenvalue weighted by Crippen LogP contribution is 2.41. The molecular weight excluding hydrogens is 304 g/mol. The second-order valence-electron chi connectivity index (χ2n) is 8.44. The highest BCUT2D eigenvalue weighted by atomic mass is 15.2. The van der Waals surface area contributed by atoms with Crippen LogP contribution in [0.25, 0.3) is 0 Å². The number of nitrogens with zero attached hydrogens (tertiary/aromatic N) is 1. The standard InChI is InChI=1S/C23H30N2/c1-23(2)14-12-22(20-10-6-7-11-21(20)23)24-19-13-15-25(17-19)16-18-8-4-3-5-9-18/h3-11,19,22,24H,12-17H2,1-2H3. The highest BCUT2D eigenvalue weighted by Gasteiger charge is 2.34. The van der Waals surface area contributed by atoms with Crippen LogP contribution in [0.4, 0.5) is 0 Å². The minimum absolute atomic E-state index is 0.309. The number of benzene rings is 2. The van der Waals surface area contributed by atoms with E-state index < -0.39 is 0 Å². The number of rotatable bonds is 4. The van der Waals surface area contributed by atoms with Gasteiger partial charge >= 0.3 is 0 Å². The first-order valence-corrected chi connectivity index (χ1v) is 9.73. The van der Waals surface area contributed by atoms with E-state index in [2.05, 4.69) is 78.7 Å². The van der Waals surface area contributed by atoms with Crippen molar-refractivity contribution in [2.24, 2.45) is 0 Å². The summed E-state index contributed by atoms with van der Waals surface area (Å²) >= 11 is 0. The quantitative estimate of drug-likeness (QED) is 0.874. The van der Waals surface area contributed by atoms with Crippen molar-refractivity contribution in [3.8, 4) is 0 Å². The zero-order chi connectivity index (χ0) is 17.3. The van der Waals surface area contributed by atoms with Gasteiger partial charge in [-0.1, -0.05) is 68.4 Å². The lowest BCUT2D eigenvalue weighted by Gasteiger charge is -2.38. The molecule has 1 aliphatic carbocycles. The minimum Gasteiger partial charge on any atom is -0.306 e. The Morgan fingerprint density at radius 2 is 1.76 bits per heavy atom. The van der Waals surface area contributed by atoms with Crippen molar-refractivity contribution in [1.29, 1.82) is 0 Å². The van der Waals surface area contributed by atoms with Crippen LogP contribution in [-0.2, 0) is 12.0 Å². The van der Waals surface area contributed by atoms with Gasteiger partial charge < -0.3 is 5.32 Å². The van der Waals surface area contributed by atoms with Gasteiger partial charge in [-0.2, -0.15) is 0 Å². The van der Waals surface area contributed by atoms with E-state index in [1.807, 2.05) is 0 Å². The molecule has 0 aromatic heterocycles. The fraction of sp³-hybridized carbons (Fsp3) is 0.478. The third-order valence-corrected chi connectivity index (χ3v) is 6.08. The predicted octanol–water partition coefficient (Wildman–Crippen LogP) is 4.66. The average molecular weight is 335 g/mol. The van der Waals surface area contributed by atoms with E-state index in [-0.39, 0.29) is 0 Å². The molecule has 0 amide bonds. The SMILES string of the molecule is CC1(C)CCC(NC2CCN(Cc3ccccc3)C2)c2ccccc21. The van der Waals surface area contributed by atoms with Crippen LogP contribution >= 0.6 is 0 Å². The van der Waals surface area contributed by atoms with Gasteiger partial charge in [-0.25, -0.2) is 0 Å². The Balaban J connectivity index is 1.40. The van der Waals surface area contributed by atoms with Gasteiger partial charge in [0.1, 0.15) is 0 Å². The van der Waals surface area contributed by atoms with E-state index in [0.717, 1.165) is 13.1 Å². The largest absolute Gasteiger partial charge is 0.306 e. The molecular formula is C23H30N2. The molecule has 132 valence electrons. The predicted molar refractivity (Wildman–Crippen MR) is 105 cm³/mol. The van der Waals surface area contributed by atoms with Gasteiger partial charge in [0.05, 0.1) is 0 Å². The van der Waals surface area contributed by atoms with Gasteiger partial charge in [0.25, 0.3) is 0 Å². The van der Waals surface area contributed by atoms with Crippen molar-refractivity contribution >= 4 is 0 Å². The smallest absolute Gasteiger partial charge is 0.0326 e. The summed E-state index contributed by atoms with van der Waals surface area (Å²) in [6.45, 7) is 8.22. The van der Waals surface area contributed by atoms with Gasteiger partial charge in [-0.05, 0) is 41.4 Å². The normalized spacial score (nSPS) is 25.7. The summed E-state index contributed by atoms with van der Waals surface area (Å²) in [5, 5.41) is 3.99.